The first-order valence-corrected chi connectivity index (χ1v) is 11.1. The van der Waals surface area contributed by atoms with Gasteiger partial charge in [0.25, 0.3) is 5.56 Å². The normalized spacial score (nSPS) is 12.8. The SMILES string of the molecule is CC[C@@H](C)c1ccc(-n2c(SC[C@@H](C#N)CCC#N)nc3ccccc3c2=O)cc1. The summed E-state index contributed by atoms with van der Waals surface area (Å²) >= 11 is 1.39. The molecular weight excluding hydrogens is 392 g/mol. The van der Waals surface area contributed by atoms with E-state index >= 15 is 0 Å². The van der Waals surface area contributed by atoms with Crippen LogP contribution in [0.2, 0.25) is 0 Å². The topological polar surface area (TPSA) is 82.5 Å². The lowest BCUT2D eigenvalue weighted by Crippen LogP contribution is -2.22. The molecule has 6 heteroatoms. The third kappa shape index (κ3) is 4.72. The van der Waals surface area contributed by atoms with Gasteiger partial charge in [-0.3, -0.25) is 9.36 Å². The molecule has 1 aromatic heterocycles. The number of nitrogens with zero attached hydrogens (tertiary/aromatic N) is 4. The standard InChI is InChI=1S/C24H24N4OS/c1-3-17(2)19-10-12-20(13-11-19)28-23(29)21-8-4-5-9-22(21)27-24(28)30-16-18(15-26)7-6-14-25/h4-5,8-13,17-18H,3,6-7,16H2,1-2H3/t17-,18-/m1/s1. The van der Waals surface area contributed by atoms with Crippen LogP contribution in [0.5, 0.6) is 0 Å². The average molecular weight is 417 g/mol. The molecule has 5 nitrogen and oxygen atoms in total. The summed E-state index contributed by atoms with van der Waals surface area (Å²) in [5.41, 5.74) is 2.52. The Hall–Kier alpha value is -3.09. The number of nitriles is 2. The van der Waals surface area contributed by atoms with Crippen molar-refractivity contribution in [2.24, 2.45) is 5.92 Å². The summed E-state index contributed by atoms with van der Waals surface area (Å²) in [4.78, 5) is 18.0. The van der Waals surface area contributed by atoms with E-state index in [1.165, 1.54) is 17.3 Å². The maximum atomic E-state index is 13.3. The highest BCUT2D eigenvalue weighted by molar-refractivity contribution is 7.99. The monoisotopic (exact) mass is 416 g/mol. The summed E-state index contributed by atoms with van der Waals surface area (Å²) in [6, 6.07) is 19.7. The average Bonchev–Trinajstić information content (AvgIpc) is 2.79. The van der Waals surface area contributed by atoms with Crippen LogP contribution in [0.1, 0.15) is 44.6 Å². The van der Waals surface area contributed by atoms with Crippen LogP contribution in [0.25, 0.3) is 16.6 Å². The Morgan fingerprint density at radius 2 is 1.87 bits per heavy atom. The highest BCUT2D eigenvalue weighted by atomic mass is 32.2. The first-order chi connectivity index (χ1) is 14.6. The summed E-state index contributed by atoms with van der Waals surface area (Å²) < 4.78 is 1.63. The van der Waals surface area contributed by atoms with Gasteiger partial charge in [-0.2, -0.15) is 10.5 Å². The fourth-order valence-corrected chi connectivity index (χ4v) is 4.30. The van der Waals surface area contributed by atoms with E-state index in [2.05, 4.69) is 38.1 Å². The summed E-state index contributed by atoms with van der Waals surface area (Å²) in [6.45, 7) is 4.34. The Labute approximate surface area is 181 Å². The molecule has 0 bridgehead atoms. The molecule has 3 rings (SSSR count). The Morgan fingerprint density at radius 1 is 1.13 bits per heavy atom. The fourth-order valence-electron chi connectivity index (χ4n) is 3.22. The number of thioether (sulfide) groups is 1. The molecule has 2 atom stereocenters. The van der Waals surface area contributed by atoms with Gasteiger partial charge in [-0.15, -0.1) is 0 Å². The van der Waals surface area contributed by atoms with Gasteiger partial charge in [-0.25, -0.2) is 4.98 Å². The first-order valence-electron chi connectivity index (χ1n) is 10.1. The van der Waals surface area contributed by atoms with Crippen LogP contribution in [0.4, 0.5) is 0 Å². The predicted molar refractivity (Wildman–Crippen MR) is 121 cm³/mol. The number of hydrogen-bond acceptors (Lipinski definition) is 5. The van der Waals surface area contributed by atoms with Gasteiger partial charge in [0, 0.05) is 12.2 Å². The molecule has 0 saturated carbocycles. The molecular formula is C24H24N4OS. The molecule has 3 aromatic rings. The van der Waals surface area contributed by atoms with E-state index < -0.39 is 0 Å². The van der Waals surface area contributed by atoms with Gasteiger partial charge in [0.1, 0.15) is 0 Å². The van der Waals surface area contributed by atoms with Gasteiger partial charge in [0.05, 0.1) is 34.6 Å². The summed E-state index contributed by atoms with van der Waals surface area (Å²) in [5, 5.41) is 19.3. The molecule has 0 unspecified atom stereocenters. The molecule has 0 spiro atoms. The van der Waals surface area contributed by atoms with Crippen molar-refractivity contribution in [1.82, 2.24) is 9.55 Å². The van der Waals surface area contributed by atoms with E-state index in [0.717, 1.165) is 12.1 Å². The van der Waals surface area contributed by atoms with Crippen LogP contribution in [0, 0.1) is 28.6 Å². The van der Waals surface area contributed by atoms with Gasteiger partial charge >= 0.3 is 0 Å². The summed E-state index contributed by atoms with van der Waals surface area (Å²) in [7, 11) is 0. The zero-order valence-corrected chi connectivity index (χ0v) is 18.0. The minimum absolute atomic E-state index is 0.120. The number of aromatic nitrogens is 2. The van der Waals surface area contributed by atoms with E-state index in [4.69, 9.17) is 10.2 Å². The highest BCUT2D eigenvalue weighted by Gasteiger charge is 2.16. The molecule has 0 aliphatic rings. The van der Waals surface area contributed by atoms with Crippen molar-refractivity contribution in [1.29, 1.82) is 10.5 Å². The number of benzene rings is 2. The van der Waals surface area contributed by atoms with Crippen LogP contribution in [-0.4, -0.2) is 15.3 Å². The predicted octanol–water partition coefficient (Wildman–Crippen LogP) is 5.43. The molecule has 30 heavy (non-hydrogen) atoms. The van der Waals surface area contributed by atoms with E-state index in [1.54, 1.807) is 10.6 Å². The lowest BCUT2D eigenvalue weighted by molar-refractivity contribution is 0.682. The molecule has 2 aromatic carbocycles. The van der Waals surface area contributed by atoms with Crippen molar-refractivity contribution in [2.45, 2.75) is 44.2 Å². The molecule has 0 fully saturated rings. The minimum Gasteiger partial charge on any atom is -0.268 e. The first kappa shape index (κ1) is 21.6. The van der Waals surface area contributed by atoms with Gasteiger partial charge in [-0.1, -0.05) is 49.9 Å². The third-order valence-electron chi connectivity index (χ3n) is 5.28. The van der Waals surface area contributed by atoms with Gasteiger partial charge in [0.2, 0.25) is 0 Å². The van der Waals surface area contributed by atoms with Crippen molar-refractivity contribution < 1.29 is 0 Å². The molecule has 152 valence electrons. The van der Waals surface area contributed by atoms with E-state index in [0.29, 0.717) is 40.6 Å². The summed E-state index contributed by atoms with van der Waals surface area (Å²) in [5.74, 6) is 0.670. The third-order valence-corrected chi connectivity index (χ3v) is 6.38. The van der Waals surface area contributed by atoms with Crippen molar-refractivity contribution in [2.75, 3.05) is 5.75 Å². The molecule has 0 radical (unpaired) electrons. The summed E-state index contributed by atoms with van der Waals surface area (Å²) in [6.07, 6.45) is 1.91. The van der Waals surface area contributed by atoms with Crippen molar-refractivity contribution in [3.05, 3.63) is 64.4 Å². The number of rotatable bonds is 8. The van der Waals surface area contributed by atoms with Gasteiger partial charge < -0.3 is 0 Å². The molecule has 0 N–H and O–H groups in total. The number of para-hydroxylation sites is 1. The lowest BCUT2D eigenvalue weighted by atomic mass is 9.98. The Kier molecular flexibility index (Phi) is 7.27. The molecule has 0 aliphatic carbocycles. The maximum absolute atomic E-state index is 13.3. The molecule has 0 saturated heterocycles. The van der Waals surface area contributed by atoms with Crippen LogP contribution in [0.15, 0.2) is 58.5 Å². The zero-order chi connectivity index (χ0) is 21.5. The van der Waals surface area contributed by atoms with Crippen molar-refractivity contribution in [3.8, 4) is 17.8 Å². The quantitative estimate of drug-likeness (QED) is 0.361. The minimum atomic E-state index is -0.265. The molecule has 1 heterocycles. The van der Waals surface area contributed by atoms with Gasteiger partial charge in [-0.05, 0) is 48.6 Å². The smallest absolute Gasteiger partial charge is 0.266 e. The van der Waals surface area contributed by atoms with E-state index in [9.17, 15) is 10.1 Å². The fraction of sp³-hybridized carbons (Fsp3) is 0.333. The largest absolute Gasteiger partial charge is 0.268 e. The van der Waals surface area contributed by atoms with E-state index in [-0.39, 0.29) is 11.5 Å². The number of hydrogen-bond donors (Lipinski definition) is 0. The Bertz CT molecular complexity index is 1160. The van der Waals surface area contributed by atoms with Crippen LogP contribution in [-0.2, 0) is 0 Å². The lowest BCUT2D eigenvalue weighted by Gasteiger charge is -2.15. The zero-order valence-electron chi connectivity index (χ0n) is 17.2. The van der Waals surface area contributed by atoms with E-state index in [1.807, 2.05) is 30.3 Å². The van der Waals surface area contributed by atoms with Crippen LogP contribution >= 0.6 is 11.8 Å². The highest BCUT2D eigenvalue weighted by Crippen LogP contribution is 2.26. The maximum Gasteiger partial charge on any atom is 0.266 e. The van der Waals surface area contributed by atoms with Crippen molar-refractivity contribution in [3.63, 3.8) is 0 Å². The van der Waals surface area contributed by atoms with Crippen LogP contribution in [0.3, 0.4) is 0 Å². The second-order valence-corrected chi connectivity index (χ2v) is 8.27. The Morgan fingerprint density at radius 3 is 2.53 bits per heavy atom. The second-order valence-electron chi connectivity index (χ2n) is 7.29. The molecule has 0 amide bonds. The molecule has 0 aliphatic heterocycles. The number of fused-ring (bicyclic) bond motifs is 1. The van der Waals surface area contributed by atoms with Crippen LogP contribution < -0.4 is 5.56 Å². The second kappa shape index (κ2) is 10.1. The Balaban J connectivity index is 2.04. The van der Waals surface area contributed by atoms with Crippen molar-refractivity contribution >= 4 is 22.7 Å². The van der Waals surface area contributed by atoms with Gasteiger partial charge in [0.15, 0.2) is 5.16 Å².